The number of esters is 2. The summed E-state index contributed by atoms with van der Waals surface area (Å²) in [6.45, 7) is 3.86. The number of hydrogen-bond donors (Lipinski definition) is 0. The lowest BCUT2D eigenvalue weighted by Gasteiger charge is -2.15. The molecule has 136 valence electrons. The number of carbonyl (C=O) groups excluding carboxylic acids is 2. The van der Waals surface area contributed by atoms with E-state index in [2.05, 4.69) is 0 Å². The van der Waals surface area contributed by atoms with Gasteiger partial charge in [0, 0.05) is 0 Å². The Morgan fingerprint density at radius 1 is 0.778 bits per heavy atom. The Labute approximate surface area is 158 Å². The molecule has 0 N–H and O–H groups in total. The summed E-state index contributed by atoms with van der Waals surface area (Å²) in [4.78, 5) is 25.0. The van der Waals surface area contributed by atoms with E-state index in [9.17, 15) is 9.59 Å². The highest BCUT2D eigenvalue weighted by Crippen LogP contribution is 2.34. The van der Waals surface area contributed by atoms with Gasteiger partial charge in [0.25, 0.3) is 0 Å². The third-order valence-corrected chi connectivity index (χ3v) is 4.07. The van der Waals surface area contributed by atoms with E-state index in [1.165, 1.54) is 0 Å². The first-order chi connectivity index (χ1) is 13.1. The molecule has 3 aromatic rings. The molecule has 4 nitrogen and oxygen atoms in total. The largest absolute Gasteiger partial charge is 0.419 e. The normalized spacial score (nSPS) is 10.3. The first-order valence-electron chi connectivity index (χ1n) is 8.76. The highest BCUT2D eigenvalue weighted by molar-refractivity contribution is 5.93. The summed E-state index contributed by atoms with van der Waals surface area (Å²) < 4.78 is 11.2. The molecule has 0 fully saturated rings. The van der Waals surface area contributed by atoms with Crippen molar-refractivity contribution in [1.82, 2.24) is 0 Å². The average molecular weight is 360 g/mol. The maximum absolute atomic E-state index is 12.5. The molecule has 0 heterocycles. The van der Waals surface area contributed by atoms with E-state index >= 15 is 0 Å². The van der Waals surface area contributed by atoms with Crippen LogP contribution in [0.15, 0.2) is 72.8 Å². The first-order valence-corrected chi connectivity index (χ1v) is 8.76. The monoisotopic (exact) mass is 360 g/mol. The summed E-state index contributed by atoms with van der Waals surface area (Å²) >= 11 is 0. The Hall–Kier alpha value is -3.40. The summed E-state index contributed by atoms with van der Waals surface area (Å²) in [5.74, 6) is -0.474. The van der Waals surface area contributed by atoms with Crippen LogP contribution >= 0.6 is 0 Å². The van der Waals surface area contributed by atoms with E-state index < -0.39 is 11.9 Å². The molecule has 3 aromatic carbocycles. The predicted octanol–water partition coefficient (Wildman–Crippen LogP) is 5.00. The highest BCUT2D eigenvalue weighted by atomic mass is 16.6. The van der Waals surface area contributed by atoms with Crippen molar-refractivity contribution in [2.45, 2.75) is 20.3 Å². The molecule has 3 rings (SSSR count). The molecule has 0 saturated heterocycles. The Balaban J connectivity index is 1.94. The Morgan fingerprint density at radius 2 is 1.30 bits per heavy atom. The Morgan fingerprint density at radius 3 is 1.81 bits per heavy atom. The molecular formula is C23H20O4. The maximum atomic E-state index is 12.5. The molecule has 0 spiro atoms. The van der Waals surface area contributed by atoms with Crippen LogP contribution in [-0.4, -0.2) is 11.9 Å². The summed E-state index contributed by atoms with van der Waals surface area (Å²) in [6.07, 6.45) is 0.634. The SMILES string of the molecule is CCc1cc(C)cc(OC(=O)c2ccccc2)c1OC(=O)c1ccccc1. The lowest BCUT2D eigenvalue weighted by molar-refractivity contribution is 0.0681. The van der Waals surface area contributed by atoms with Gasteiger partial charge in [-0.25, -0.2) is 9.59 Å². The molecular weight excluding hydrogens is 340 g/mol. The van der Waals surface area contributed by atoms with E-state index in [4.69, 9.17) is 9.47 Å². The van der Waals surface area contributed by atoms with Crippen LogP contribution in [-0.2, 0) is 6.42 Å². The fourth-order valence-electron chi connectivity index (χ4n) is 2.73. The zero-order valence-electron chi connectivity index (χ0n) is 15.3. The minimum Gasteiger partial charge on any atom is -0.419 e. The lowest BCUT2D eigenvalue weighted by Crippen LogP contribution is -2.14. The summed E-state index contributed by atoms with van der Waals surface area (Å²) in [6, 6.07) is 21.0. The van der Waals surface area contributed by atoms with Crippen molar-refractivity contribution in [3.63, 3.8) is 0 Å². The van der Waals surface area contributed by atoms with Crippen LogP contribution in [0.25, 0.3) is 0 Å². The Bertz CT molecular complexity index is 947. The van der Waals surface area contributed by atoms with Gasteiger partial charge in [-0.3, -0.25) is 0 Å². The van der Waals surface area contributed by atoms with Gasteiger partial charge in [0.2, 0.25) is 0 Å². The predicted molar refractivity (Wildman–Crippen MR) is 103 cm³/mol. The van der Waals surface area contributed by atoms with Gasteiger partial charge in [-0.2, -0.15) is 0 Å². The number of carbonyl (C=O) groups is 2. The van der Waals surface area contributed by atoms with Crippen molar-refractivity contribution in [3.05, 3.63) is 95.1 Å². The van der Waals surface area contributed by atoms with Gasteiger partial charge >= 0.3 is 11.9 Å². The fourth-order valence-corrected chi connectivity index (χ4v) is 2.73. The van der Waals surface area contributed by atoms with Crippen LogP contribution < -0.4 is 9.47 Å². The van der Waals surface area contributed by atoms with Crippen LogP contribution in [0.5, 0.6) is 11.5 Å². The van der Waals surface area contributed by atoms with Gasteiger partial charge in [-0.05, 0) is 54.8 Å². The van der Waals surface area contributed by atoms with Crippen molar-refractivity contribution in [2.75, 3.05) is 0 Å². The second kappa shape index (κ2) is 8.32. The quantitative estimate of drug-likeness (QED) is 0.475. The molecule has 0 unspecified atom stereocenters. The van der Waals surface area contributed by atoms with Gasteiger partial charge < -0.3 is 9.47 Å². The molecule has 0 amide bonds. The summed E-state index contributed by atoms with van der Waals surface area (Å²) in [7, 11) is 0. The fraction of sp³-hybridized carbons (Fsp3) is 0.130. The molecule has 0 bridgehead atoms. The number of rotatable bonds is 5. The molecule has 0 saturated carbocycles. The standard InChI is InChI=1S/C23H20O4/c1-3-17-14-16(2)15-20(26-22(24)18-10-6-4-7-11-18)21(17)27-23(25)19-12-8-5-9-13-19/h4-15H,3H2,1-2H3. The minimum atomic E-state index is -0.500. The van der Waals surface area contributed by atoms with Gasteiger partial charge in [-0.15, -0.1) is 0 Å². The minimum absolute atomic E-state index is 0.241. The highest BCUT2D eigenvalue weighted by Gasteiger charge is 2.19. The molecule has 0 atom stereocenters. The molecule has 4 heteroatoms. The van der Waals surface area contributed by atoms with Crippen molar-refractivity contribution in [3.8, 4) is 11.5 Å². The topological polar surface area (TPSA) is 52.6 Å². The van der Waals surface area contributed by atoms with E-state index in [0.29, 0.717) is 17.5 Å². The second-order valence-electron chi connectivity index (χ2n) is 6.12. The Kier molecular flexibility index (Phi) is 5.67. The third-order valence-electron chi connectivity index (χ3n) is 4.07. The van der Waals surface area contributed by atoms with Crippen LogP contribution in [0.2, 0.25) is 0 Å². The number of aryl methyl sites for hydroxylation is 2. The smallest absolute Gasteiger partial charge is 0.343 e. The molecule has 0 aliphatic heterocycles. The van der Waals surface area contributed by atoms with Gasteiger partial charge in [0.1, 0.15) is 0 Å². The van der Waals surface area contributed by atoms with Gasteiger partial charge in [0.15, 0.2) is 11.5 Å². The average Bonchev–Trinajstić information content (AvgIpc) is 2.70. The lowest BCUT2D eigenvalue weighted by atomic mass is 10.1. The van der Waals surface area contributed by atoms with Gasteiger partial charge in [-0.1, -0.05) is 49.4 Å². The van der Waals surface area contributed by atoms with E-state index in [0.717, 1.165) is 11.1 Å². The molecule has 0 radical (unpaired) electrons. The molecule has 27 heavy (non-hydrogen) atoms. The van der Waals surface area contributed by atoms with Crippen molar-refractivity contribution < 1.29 is 19.1 Å². The summed E-state index contributed by atoms with van der Waals surface area (Å²) in [5, 5.41) is 0. The maximum Gasteiger partial charge on any atom is 0.343 e. The van der Waals surface area contributed by atoms with Crippen molar-refractivity contribution >= 4 is 11.9 Å². The first kappa shape index (κ1) is 18.4. The number of ether oxygens (including phenoxy) is 2. The number of hydrogen-bond acceptors (Lipinski definition) is 4. The molecule has 0 aliphatic carbocycles. The van der Waals surface area contributed by atoms with Crippen LogP contribution in [0.3, 0.4) is 0 Å². The third kappa shape index (κ3) is 4.42. The van der Waals surface area contributed by atoms with Crippen LogP contribution in [0, 0.1) is 6.92 Å². The van der Waals surface area contributed by atoms with E-state index in [1.807, 2.05) is 32.0 Å². The summed E-state index contributed by atoms with van der Waals surface area (Å²) in [5.41, 5.74) is 2.58. The molecule has 0 aliphatic rings. The number of benzene rings is 3. The zero-order valence-corrected chi connectivity index (χ0v) is 15.3. The van der Waals surface area contributed by atoms with Crippen LogP contribution in [0.4, 0.5) is 0 Å². The zero-order chi connectivity index (χ0) is 19.2. The van der Waals surface area contributed by atoms with E-state index in [-0.39, 0.29) is 11.5 Å². The van der Waals surface area contributed by atoms with Crippen LogP contribution in [0.1, 0.15) is 38.8 Å². The van der Waals surface area contributed by atoms with E-state index in [1.54, 1.807) is 54.6 Å². The van der Waals surface area contributed by atoms with Gasteiger partial charge in [0.05, 0.1) is 11.1 Å². The van der Waals surface area contributed by atoms with Crippen molar-refractivity contribution in [2.24, 2.45) is 0 Å². The molecule has 0 aromatic heterocycles. The van der Waals surface area contributed by atoms with Crippen molar-refractivity contribution in [1.29, 1.82) is 0 Å². The second-order valence-corrected chi connectivity index (χ2v) is 6.12.